The second kappa shape index (κ2) is 9.33. The molecule has 1 unspecified atom stereocenters. The minimum absolute atomic E-state index is 0.123. The van der Waals surface area contributed by atoms with Gasteiger partial charge in [0.05, 0.1) is 0 Å². The normalized spacial score (nSPS) is 11.8. The van der Waals surface area contributed by atoms with Gasteiger partial charge in [0, 0.05) is 11.4 Å². The summed E-state index contributed by atoms with van der Waals surface area (Å²) in [5, 5.41) is 2.87. The summed E-state index contributed by atoms with van der Waals surface area (Å²) in [6.07, 6.45) is 0.308. The van der Waals surface area contributed by atoms with Crippen molar-refractivity contribution >= 4 is 17.7 Å². The minimum Gasteiger partial charge on any atom is -0.481 e. The molecule has 0 aliphatic heterocycles. The molecule has 0 aliphatic rings. The first kappa shape index (κ1) is 18.3. The lowest BCUT2D eigenvalue weighted by Gasteiger charge is -2.14. The highest BCUT2D eigenvalue weighted by Gasteiger charge is 2.13. The van der Waals surface area contributed by atoms with Gasteiger partial charge in [0.1, 0.15) is 11.6 Å². The van der Waals surface area contributed by atoms with Gasteiger partial charge < -0.3 is 10.1 Å². The van der Waals surface area contributed by atoms with Crippen molar-refractivity contribution in [3.05, 3.63) is 59.9 Å². The van der Waals surface area contributed by atoms with E-state index >= 15 is 0 Å². The van der Waals surface area contributed by atoms with Gasteiger partial charge >= 0.3 is 0 Å². The fourth-order valence-electron chi connectivity index (χ4n) is 2.02. The van der Waals surface area contributed by atoms with Gasteiger partial charge in [0.25, 0.3) is 5.91 Å². The lowest BCUT2D eigenvalue weighted by molar-refractivity contribution is -0.127. The summed E-state index contributed by atoms with van der Waals surface area (Å²) < 4.78 is 18.4. The molecule has 0 fully saturated rings. The molecule has 3 nitrogen and oxygen atoms in total. The molecular formula is C19H22FNO2S. The summed E-state index contributed by atoms with van der Waals surface area (Å²) in [6.45, 7) is 4.33. The van der Waals surface area contributed by atoms with Gasteiger partial charge in [-0.05, 0) is 62.4 Å². The molecule has 1 amide bonds. The van der Waals surface area contributed by atoms with Gasteiger partial charge in [0.2, 0.25) is 0 Å². The molecule has 128 valence electrons. The number of rotatable bonds is 8. The van der Waals surface area contributed by atoms with Crippen LogP contribution in [0.2, 0.25) is 0 Å². The van der Waals surface area contributed by atoms with E-state index in [1.54, 1.807) is 30.8 Å². The van der Waals surface area contributed by atoms with E-state index in [0.29, 0.717) is 12.3 Å². The first-order chi connectivity index (χ1) is 11.5. The number of aryl methyl sites for hydroxylation is 1. The van der Waals surface area contributed by atoms with Crippen LogP contribution in [0.1, 0.15) is 18.9 Å². The maximum Gasteiger partial charge on any atom is 0.260 e. The Labute approximate surface area is 146 Å². The van der Waals surface area contributed by atoms with E-state index in [-0.39, 0.29) is 11.7 Å². The van der Waals surface area contributed by atoms with E-state index in [9.17, 15) is 9.18 Å². The smallest absolute Gasteiger partial charge is 0.260 e. The molecule has 5 heteroatoms. The van der Waals surface area contributed by atoms with E-state index in [1.165, 1.54) is 12.1 Å². The molecule has 2 aromatic rings. The Kier molecular flexibility index (Phi) is 7.12. The van der Waals surface area contributed by atoms with Crippen molar-refractivity contribution in [2.24, 2.45) is 0 Å². The number of carbonyl (C=O) groups excluding carboxylic acids is 1. The van der Waals surface area contributed by atoms with Crippen molar-refractivity contribution < 1.29 is 13.9 Å². The van der Waals surface area contributed by atoms with Crippen molar-refractivity contribution in [3.8, 4) is 5.75 Å². The molecule has 1 atom stereocenters. The highest BCUT2D eigenvalue weighted by Crippen LogP contribution is 2.18. The molecule has 2 aromatic carbocycles. The van der Waals surface area contributed by atoms with Gasteiger partial charge in [-0.1, -0.05) is 17.7 Å². The molecule has 0 aliphatic carbocycles. The van der Waals surface area contributed by atoms with Gasteiger partial charge in [0.15, 0.2) is 6.10 Å². The van der Waals surface area contributed by atoms with Crippen molar-refractivity contribution in [2.45, 2.75) is 31.3 Å². The molecule has 0 spiro atoms. The maximum atomic E-state index is 12.8. The summed E-state index contributed by atoms with van der Waals surface area (Å²) in [5.41, 5.74) is 1.15. The molecule has 0 aromatic heterocycles. The first-order valence-electron chi connectivity index (χ1n) is 7.94. The van der Waals surface area contributed by atoms with E-state index in [1.807, 2.05) is 31.2 Å². The predicted molar refractivity (Wildman–Crippen MR) is 96.0 cm³/mol. The van der Waals surface area contributed by atoms with E-state index in [2.05, 4.69) is 5.32 Å². The molecule has 24 heavy (non-hydrogen) atoms. The third-order valence-electron chi connectivity index (χ3n) is 3.41. The zero-order chi connectivity index (χ0) is 17.4. The second-order valence-electron chi connectivity index (χ2n) is 5.52. The lowest BCUT2D eigenvalue weighted by Crippen LogP contribution is -2.36. The summed E-state index contributed by atoms with van der Waals surface area (Å²) >= 11 is 1.64. The van der Waals surface area contributed by atoms with Crippen molar-refractivity contribution in [3.63, 3.8) is 0 Å². The molecule has 2 rings (SSSR count). The number of hydrogen-bond acceptors (Lipinski definition) is 3. The Morgan fingerprint density at radius 1 is 1.17 bits per heavy atom. The zero-order valence-corrected chi connectivity index (χ0v) is 14.7. The quantitative estimate of drug-likeness (QED) is 0.574. The fourth-order valence-corrected chi connectivity index (χ4v) is 2.88. The largest absolute Gasteiger partial charge is 0.481 e. The highest BCUT2D eigenvalue weighted by molar-refractivity contribution is 7.99. The Bertz CT molecular complexity index is 643. The number of halogens is 1. The standard InChI is InChI=1S/C19H22FNO2S/c1-14-4-8-17(9-5-14)23-15(2)19(22)21-12-3-13-24-18-10-6-16(20)7-11-18/h4-11,15H,3,12-13H2,1-2H3,(H,21,22). The third kappa shape index (κ3) is 6.24. The van der Waals surface area contributed by atoms with Crippen LogP contribution in [0.5, 0.6) is 5.75 Å². The van der Waals surface area contributed by atoms with Gasteiger partial charge in [-0.3, -0.25) is 4.79 Å². The van der Waals surface area contributed by atoms with Gasteiger partial charge in [-0.25, -0.2) is 4.39 Å². The number of benzene rings is 2. The summed E-state index contributed by atoms with van der Waals surface area (Å²) in [4.78, 5) is 13.0. The fraction of sp³-hybridized carbons (Fsp3) is 0.316. The average Bonchev–Trinajstić information content (AvgIpc) is 2.58. The SMILES string of the molecule is Cc1ccc(OC(C)C(=O)NCCCSc2ccc(F)cc2)cc1. The van der Waals surface area contributed by atoms with Crippen LogP contribution in [-0.4, -0.2) is 24.3 Å². The molecule has 0 bridgehead atoms. The number of amides is 1. The summed E-state index contributed by atoms with van der Waals surface area (Å²) in [7, 11) is 0. The van der Waals surface area contributed by atoms with Crippen molar-refractivity contribution in [1.82, 2.24) is 5.32 Å². The van der Waals surface area contributed by atoms with E-state index in [0.717, 1.165) is 22.6 Å². The Hall–Kier alpha value is -2.01. The zero-order valence-electron chi connectivity index (χ0n) is 13.9. The highest BCUT2D eigenvalue weighted by atomic mass is 32.2. The number of ether oxygens (including phenoxy) is 1. The number of carbonyl (C=O) groups is 1. The third-order valence-corrected chi connectivity index (χ3v) is 4.50. The Balaban J connectivity index is 1.63. The number of hydrogen-bond donors (Lipinski definition) is 1. The Morgan fingerprint density at radius 3 is 2.50 bits per heavy atom. The molecule has 0 radical (unpaired) electrons. The van der Waals surface area contributed by atoms with Crippen LogP contribution in [0.25, 0.3) is 0 Å². The van der Waals surface area contributed by atoms with E-state index in [4.69, 9.17) is 4.74 Å². The lowest BCUT2D eigenvalue weighted by atomic mass is 10.2. The number of nitrogens with one attached hydrogen (secondary N) is 1. The van der Waals surface area contributed by atoms with Crippen LogP contribution >= 0.6 is 11.8 Å². The van der Waals surface area contributed by atoms with E-state index < -0.39 is 6.10 Å². The van der Waals surface area contributed by atoms with Gasteiger partial charge in [-0.15, -0.1) is 11.8 Å². The van der Waals surface area contributed by atoms with Gasteiger partial charge in [-0.2, -0.15) is 0 Å². The van der Waals surface area contributed by atoms with Crippen LogP contribution < -0.4 is 10.1 Å². The topological polar surface area (TPSA) is 38.3 Å². The molecule has 0 heterocycles. The summed E-state index contributed by atoms with van der Waals surface area (Å²) in [5.74, 6) is 1.20. The molecule has 1 N–H and O–H groups in total. The van der Waals surface area contributed by atoms with Crippen LogP contribution in [0.4, 0.5) is 4.39 Å². The monoisotopic (exact) mass is 347 g/mol. The first-order valence-corrected chi connectivity index (χ1v) is 8.92. The van der Waals surface area contributed by atoms with Crippen LogP contribution in [-0.2, 0) is 4.79 Å². The second-order valence-corrected chi connectivity index (χ2v) is 6.69. The minimum atomic E-state index is -0.530. The number of thioether (sulfide) groups is 1. The van der Waals surface area contributed by atoms with Crippen LogP contribution in [0.3, 0.4) is 0 Å². The van der Waals surface area contributed by atoms with Crippen LogP contribution in [0, 0.1) is 12.7 Å². The van der Waals surface area contributed by atoms with Crippen molar-refractivity contribution in [1.29, 1.82) is 0 Å². The Morgan fingerprint density at radius 2 is 1.83 bits per heavy atom. The van der Waals surface area contributed by atoms with Crippen molar-refractivity contribution in [2.75, 3.05) is 12.3 Å². The summed E-state index contributed by atoms with van der Waals surface area (Å²) in [6, 6.07) is 14.0. The van der Waals surface area contributed by atoms with Crippen LogP contribution in [0.15, 0.2) is 53.4 Å². The predicted octanol–water partition coefficient (Wildman–Crippen LogP) is 4.20. The molecule has 0 saturated heterocycles. The average molecular weight is 347 g/mol. The maximum absolute atomic E-state index is 12.8. The molecular weight excluding hydrogens is 325 g/mol. The molecule has 0 saturated carbocycles.